The van der Waals surface area contributed by atoms with Gasteiger partial charge in [-0.2, -0.15) is 0 Å². The molecule has 3 rings (SSSR count). The fourth-order valence-electron chi connectivity index (χ4n) is 4.30. The summed E-state index contributed by atoms with van der Waals surface area (Å²) in [5.74, 6) is 0.335. The van der Waals surface area contributed by atoms with Gasteiger partial charge in [0, 0.05) is 0 Å². The first-order valence-electron chi connectivity index (χ1n) is 11.4. The molecule has 1 aliphatic rings. The molecule has 182 valence electrons. The molecule has 2 atom stereocenters. The van der Waals surface area contributed by atoms with Gasteiger partial charge >= 0.3 is 7.60 Å². The van der Waals surface area contributed by atoms with Crippen LogP contribution in [0, 0.1) is 5.92 Å². The predicted octanol–water partition coefficient (Wildman–Crippen LogP) is 4.15. The molecule has 9 heteroatoms. The van der Waals surface area contributed by atoms with Gasteiger partial charge in [0.15, 0.2) is 0 Å². The molecule has 1 saturated heterocycles. The number of ether oxygens (including phenoxy) is 1. The minimum Gasteiger partial charge on any atom is -0.375 e. The maximum Gasteiger partial charge on any atom is 0.356 e. The molecule has 1 heterocycles. The van der Waals surface area contributed by atoms with E-state index in [-0.39, 0.29) is 42.1 Å². The molecule has 0 spiro atoms. The third-order valence-corrected chi connectivity index (χ3v) is 8.98. The van der Waals surface area contributed by atoms with Crippen LogP contribution in [0.3, 0.4) is 0 Å². The van der Waals surface area contributed by atoms with Gasteiger partial charge in [-0.3, -0.25) is 8.87 Å². The van der Waals surface area contributed by atoms with Crippen molar-refractivity contribution >= 4 is 28.6 Å². The van der Waals surface area contributed by atoms with Crippen molar-refractivity contribution < 1.29 is 27.5 Å². The lowest BCUT2D eigenvalue weighted by Gasteiger charge is -2.28. The molecule has 1 fully saturated rings. The highest BCUT2D eigenvalue weighted by Gasteiger charge is 2.44. The van der Waals surface area contributed by atoms with Crippen molar-refractivity contribution in [3.05, 3.63) is 59.7 Å². The first kappa shape index (κ1) is 25.9. The van der Waals surface area contributed by atoms with Crippen LogP contribution in [0.5, 0.6) is 0 Å². The Morgan fingerprint density at radius 2 is 1.88 bits per heavy atom. The van der Waals surface area contributed by atoms with Gasteiger partial charge in [-0.05, 0) is 53.6 Å². The van der Waals surface area contributed by atoms with E-state index in [2.05, 4.69) is 20.8 Å². The standard InChI is InChI=1S/C24H34NO6PS/c1-4-5-9-21-17-33(29,30)25(22-11-7-10-20(14-22)18(2)3)24(21)16-31-15-19-8-6-12-23(13-19)32(26,27)28/h6-8,10-14,18,21,24H,4-5,9,15-17H2,1-3H3,(H2,26,27,28). The van der Waals surface area contributed by atoms with Gasteiger partial charge in [0.25, 0.3) is 0 Å². The summed E-state index contributed by atoms with van der Waals surface area (Å²) in [6, 6.07) is 13.5. The summed E-state index contributed by atoms with van der Waals surface area (Å²) in [5, 5.41) is -0.0556. The Bertz CT molecular complexity index is 1100. The predicted molar refractivity (Wildman–Crippen MR) is 131 cm³/mol. The maximum absolute atomic E-state index is 13.2. The zero-order valence-corrected chi connectivity index (χ0v) is 21.1. The third kappa shape index (κ3) is 6.46. The number of rotatable bonds is 10. The zero-order chi connectivity index (χ0) is 24.2. The number of unbranched alkanes of at least 4 members (excludes halogenated alkanes) is 1. The van der Waals surface area contributed by atoms with E-state index in [4.69, 9.17) is 4.74 Å². The summed E-state index contributed by atoms with van der Waals surface area (Å²) >= 11 is 0. The summed E-state index contributed by atoms with van der Waals surface area (Å²) in [6.45, 7) is 6.60. The van der Waals surface area contributed by atoms with E-state index in [1.807, 2.05) is 24.3 Å². The second-order valence-corrected chi connectivity index (χ2v) is 12.5. The first-order chi connectivity index (χ1) is 15.5. The highest BCUT2D eigenvalue weighted by Crippen LogP contribution is 2.37. The molecule has 7 nitrogen and oxygen atoms in total. The van der Waals surface area contributed by atoms with E-state index in [1.54, 1.807) is 12.1 Å². The smallest absolute Gasteiger partial charge is 0.356 e. The molecule has 0 aliphatic carbocycles. The Labute approximate surface area is 197 Å². The average Bonchev–Trinajstić information content (AvgIpc) is 3.01. The monoisotopic (exact) mass is 495 g/mol. The number of sulfonamides is 1. The molecule has 0 amide bonds. The molecule has 0 aromatic heterocycles. The van der Waals surface area contributed by atoms with Crippen LogP contribution >= 0.6 is 7.60 Å². The minimum absolute atomic E-state index is 0.0425. The molecule has 2 unspecified atom stereocenters. The van der Waals surface area contributed by atoms with Gasteiger partial charge in [-0.25, -0.2) is 8.42 Å². The summed E-state index contributed by atoms with van der Waals surface area (Å²) in [7, 11) is -7.83. The molecule has 2 aromatic rings. The number of anilines is 1. The molecule has 0 bridgehead atoms. The third-order valence-electron chi connectivity index (χ3n) is 6.09. The SMILES string of the molecule is CCCCC1CS(=O)(=O)N(c2cccc(C(C)C)c2)C1COCc1cccc(P(=O)(O)O)c1. The largest absolute Gasteiger partial charge is 0.375 e. The number of hydrogen-bond donors (Lipinski definition) is 2. The Kier molecular flexibility index (Phi) is 8.40. The lowest BCUT2D eigenvalue weighted by Crippen LogP contribution is -2.39. The van der Waals surface area contributed by atoms with Crippen LogP contribution < -0.4 is 9.61 Å². The van der Waals surface area contributed by atoms with Gasteiger partial charge in [0.2, 0.25) is 10.0 Å². The summed E-state index contributed by atoms with van der Waals surface area (Å²) in [4.78, 5) is 18.8. The number of benzene rings is 2. The molecular weight excluding hydrogens is 461 g/mol. The van der Waals surface area contributed by atoms with Crippen molar-refractivity contribution in [3.8, 4) is 0 Å². The number of nitrogens with zero attached hydrogens (tertiary/aromatic N) is 1. The summed E-state index contributed by atoms with van der Waals surface area (Å²) < 4.78 is 45.4. The van der Waals surface area contributed by atoms with Gasteiger partial charge in [-0.1, -0.05) is 57.9 Å². The Morgan fingerprint density at radius 1 is 1.15 bits per heavy atom. The molecule has 2 aromatic carbocycles. The van der Waals surface area contributed by atoms with Crippen LogP contribution in [0.2, 0.25) is 0 Å². The molecule has 33 heavy (non-hydrogen) atoms. The van der Waals surface area contributed by atoms with Crippen molar-refractivity contribution in [2.75, 3.05) is 16.7 Å². The van der Waals surface area contributed by atoms with E-state index in [0.717, 1.165) is 24.8 Å². The second-order valence-electron chi connectivity index (χ2n) is 9.02. The molecular formula is C24H34NO6PS. The maximum atomic E-state index is 13.2. The summed E-state index contributed by atoms with van der Waals surface area (Å²) in [5.41, 5.74) is 2.38. The number of hydrogen-bond acceptors (Lipinski definition) is 4. The lowest BCUT2D eigenvalue weighted by atomic mass is 9.95. The fraction of sp³-hybridized carbons (Fsp3) is 0.500. The molecule has 2 N–H and O–H groups in total. The highest BCUT2D eigenvalue weighted by molar-refractivity contribution is 7.93. The van der Waals surface area contributed by atoms with Crippen LogP contribution in [0.25, 0.3) is 0 Å². The van der Waals surface area contributed by atoms with E-state index in [1.165, 1.54) is 16.4 Å². The lowest BCUT2D eigenvalue weighted by molar-refractivity contribution is 0.0981. The molecule has 0 radical (unpaired) electrons. The van der Waals surface area contributed by atoms with E-state index in [9.17, 15) is 22.8 Å². The van der Waals surface area contributed by atoms with Gasteiger partial charge in [0.1, 0.15) is 0 Å². The summed E-state index contributed by atoms with van der Waals surface area (Å²) in [6.07, 6.45) is 2.74. The average molecular weight is 496 g/mol. The van der Waals surface area contributed by atoms with Crippen molar-refractivity contribution in [3.63, 3.8) is 0 Å². The zero-order valence-electron chi connectivity index (χ0n) is 19.4. The van der Waals surface area contributed by atoms with Gasteiger partial charge < -0.3 is 14.5 Å². The minimum atomic E-state index is -4.34. The van der Waals surface area contributed by atoms with E-state index in [0.29, 0.717) is 11.3 Å². The first-order valence-corrected chi connectivity index (χ1v) is 14.6. The molecule has 1 aliphatic heterocycles. The Morgan fingerprint density at radius 3 is 2.55 bits per heavy atom. The fourth-order valence-corrected chi connectivity index (χ4v) is 7.09. The van der Waals surface area contributed by atoms with Gasteiger partial charge in [0.05, 0.1) is 36.0 Å². The van der Waals surface area contributed by atoms with Crippen LogP contribution in [-0.4, -0.2) is 36.6 Å². The van der Waals surface area contributed by atoms with Crippen LogP contribution in [0.4, 0.5) is 5.69 Å². The second kappa shape index (κ2) is 10.7. The van der Waals surface area contributed by atoms with Crippen LogP contribution in [-0.2, 0) is 25.9 Å². The Balaban J connectivity index is 1.83. The molecule has 0 saturated carbocycles. The topological polar surface area (TPSA) is 104 Å². The van der Waals surface area contributed by atoms with Crippen molar-refractivity contribution in [2.24, 2.45) is 5.92 Å². The highest BCUT2D eigenvalue weighted by atomic mass is 32.2. The van der Waals surface area contributed by atoms with E-state index < -0.39 is 17.6 Å². The quantitative estimate of drug-likeness (QED) is 0.480. The van der Waals surface area contributed by atoms with E-state index >= 15 is 0 Å². The van der Waals surface area contributed by atoms with Crippen molar-refractivity contribution in [1.82, 2.24) is 0 Å². The normalized spacial score (nSPS) is 20.5. The van der Waals surface area contributed by atoms with Crippen molar-refractivity contribution in [2.45, 2.75) is 58.6 Å². The Hall–Kier alpha value is -1.70. The van der Waals surface area contributed by atoms with Crippen LogP contribution in [0.1, 0.15) is 57.1 Å². The van der Waals surface area contributed by atoms with Gasteiger partial charge in [-0.15, -0.1) is 0 Å². The van der Waals surface area contributed by atoms with Crippen molar-refractivity contribution in [1.29, 1.82) is 0 Å². The van der Waals surface area contributed by atoms with Crippen LogP contribution in [0.15, 0.2) is 48.5 Å².